The molecule has 2 atom stereocenters. The summed E-state index contributed by atoms with van der Waals surface area (Å²) in [6, 6.07) is 33.6. The minimum atomic E-state index is -2.88. The van der Waals surface area contributed by atoms with Crippen LogP contribution >= 0.6 is 0 Å². The minimum absolute atomic E-state index is 0. The molecule has 4 aromatic carbocycles. The first-order valence-corrected chi connectivity index (χ1v) is 25.2. The molecule has 7 rings (SSSR count). The summed E-state index contributed by atoms with van der Waals surface area (Å²) in [7, 11) is 0. The number of benzene rings is 4. The van der Waals surface area contributed by atoms with E-state index in [0.717, 1.165) is 0 Å². The van der Waals surface area contributed by atoms with Gasteiger partial charge in [-0.25, -0.2) is 0 Å². The molecule has 1 aliphatic heterocycles. The van der Waals surface area contributed by atoms with Crippen molar-refractivity contribution < 1.29 is 45.1 Å². The molecule has 0 bridgehead atoms. The fourth-order valence-corrected chi connectivity index (χ4v) is 25.0. The first-order chi connectivity index (χ1) is 23.0. The van der Waals surface area contributed by atoms with Crippen LogP contribution in [-0.4, -0.2) is 0 Å². The topological polar surface area (TPSA) is 0 Å². The van der Waals surface area contributed by atoms with Crippen LogP contribution in [0.25, 0.3) is 34.4 Å². The van der Waals surface area contributed by atoms with Gasteiger partial charge in [-0.2, -0.15) is 0 Å². The molecule has 0 N–H and O–H groups in total. The van der Waals surface area contributed by atoms with Gasteiger partial charge in [0.2, 0.25) is 0 Å². The summed E-state index contributed by atoms with van der Waals surface area (Å²) in [5, 5.41) is 0. The Morgan fingerprint density at radius 3 is 1.22 bits per heavy atom. The molecule has 2 aliphatic carbocycles. The van der Waals surface area contributed by atoms with Gasteiger partial charge in [-0.05, 0) is 0 Å². The predicted octanol–water partition coefficient (Wildman–Crippen LogP) is 8.19. The van der Waals surface area contributed by atoms with Crippen LogP contribution in [0.15, 0.2) is 96.1 Å². The predicted molar refractivity (Wildman–Crippen MR) is 207 cm³/mol. The Balaban J connectivity index is 0.00000243. The Kier molecular flexibility index (Phi) is 11.8. The van der Waals surface area contributed by atoms with E-state index in [1.165, 1.54) is 84.9 Å². The van der Waals surface area contributed by atoms with Crippen molar-refractivity contribution in [3.8, 4) is 22.3 Å². The van der Waals surface area contributed by atoms with Crippen LogP contribution in [-0.2, 0) is 31.1 Å². The zero-order valence-corrected chi connectivity index (χ0v) is 35.6. The second-order valence-corrected chi connectivity index (χ2v) is 28.5. The van der Waals surface area contributed by atoms with Crippen molar-refractivity contribution >= 4 is 12.2 Å². The van der Waals surface area contributed by atoms with Crippen LogP contribution < -0.4 is 24.8 Å². The summed E-state index contributed by atoms with van der Waals surface area (Å²) in [6.45, 7) is 18.6. The van der Waals surface area contributed by atoms with Crippen molar-refractivity contribution in [2.24, 2.45) is 0 Å². The van der Waals surface area contributed by atoms with Gasteiger partial charge in [-0.15, -0.1) is 0 Å². The fourth-order valence-electron chi connectivity index (χ4n) is 9.43. The third-order valence-electron chi connectivity index (χ3n) is 11.9. The second kappa shape index (κ2) is 15.1. The third kappa shape index (κ3) is 6.86. The Morgan fingerprint density at radius 2 is 0.920 bits per heavy atom. The van der Waals surface area contributed by atoms with Crippen LogP contribution in [0.4, 0.5) is 0 Å². The first-order valence-electron chi connectivity index (χ1n) is 18.8. The monoisotopic (exact) mass is 780 g/mol. The molecule has 50 heavy (non-hydrogen) atoms. The van der Waals surface area contributed by atoms with Crippen molar-refractivity contribution in [1.29, 1.82) is 0 Å². The summed E-state index contributed by atoms with van der Waals surface area (Å²) in [5.74, 6) is 0. The van der Waals surface area contributed by atoms with Gasteiger partial charge < -0.3 is 24.8 Å². The molecule has 0 nitrogen and oxygen atoms in total. The quantitative estimate of drug-likeness (QED) is 0.169. The van der Waals surface area contributed by atoms with Crippen molar-refractivity contribution in [3.63, 3.8) is 0 Å². The Hall–Kier alpha value is -2.18. The van der Waals surface area contributed by atoms with Gasteiger partial charge in [-0.3, -0.25) is 0 Å². The molecule has 4 aromatic rings. The Labute approximate surface area is 320 Å². The molecule has 262 valence electrons. The number of rotatable bonds is 8. The van der Waals surface area contributed by atoms with Crippen LogP contribution in [0.1, 0.15) is 128 Å². The van der Waals surface area contributed by atoms with Gasteiger partial charge in [0.25, 0.3) is 0 Å². The van der Waals surface area contributed by atoms with Crippen molar-refractivity contribution in [1.82, 2.24) is 0 Å². The molecule has 0 aromatic heterocycles. The summed E-state index contributed by atoms with van der Waals surface area (Å²) in [4.78, 5) is 0. The fraction of sp³-hybridized carbons (Fsp3) is 0.404. The van der Waals surface area contributed by atoms with Crippen LogP contribution in [0.3, 0.4) is 0 Å². The molecule has 0 amide bonds. The average molecular weight is 783 g/mol. The SMILES string of the molecule is CCCC1=Cc2c(-c3ccc(C(C)(C)C)cc3)cccc2[CH]1[Zr+2]1([CH]2C(CCC)=Cc3c(-c4ccc(C(C)(C)C)cc4)cccc32)[CH2]C[CH2]1.[Cl-].[Cl-]. The largest absolute Gasteiger partial charge is 1.00 e. The van der Waals surface area contributed by atoms with Gasteiger partial charge in [0.05, 0.1) is 0 Å². The van der Waals surface area contributed by atoms with Gasteiger partial charge in [0.1, 0.15) is 0 Å². The maximum Gasteiger partial charge on any atom is -1.00 e. The number of halogens is 2. The van der Waals surface area contributed by atoms with E-state index in [4.69, 9.17) is 0 Å². The van der Waals surface area contributed by atoms with E-state index >= 15 is 0 Å². The van der Waals surface area contributed by atoms with E-state index in [1.54, 1.807) is 22.3 Å². The Bertz CT molecular complexity index is 1740. The molecular weight excluding hydrogens is 727 g/mol. The molecule has 3 heteroatoms. The second-order valence-electron chi connectivity index (χ2n) is 17.2. The summed E-state index contributed by atoms with van der Waals surface area (Å²) in [6.07, 6.45) is 11.7. The Morgan fingerprint density at radius 1 is 0.540 bits per heavy atom. The van der Waals surface area contributed by atoms with Crippen molar-refractivity contribution in [2.45, 2.75) is 114 Å². The molecule has 1 fully saturated rings. The average Bonchev–Trinajstić information content (AvgIpc) is 3.59. The van der Waals surface area contributed by atoms with E-state index in [0.29, 0.717) is 7.25 Å². The van der Waals surface area contributed by atoms with E-state index in [-0.39, 0.29) is 35.6 Å². The normalized spacial score (nSPS) is 18.3. The van der Waals surface area contributed by atoms with Gasteiger partial charge >= 0.3 is 298 Å². The molecule has 1 heterocycles. The van der Waals surface area contributed by atoms with E-state index < -0.39 is 20.3 Å². The maximum absolute atomic E-state index is 2.88. The number of hydrogen-bond acceptors (Lipinski definition) is 0. The summed E-state index contributed by atoms with van der Waals surface area (Å²) >= 11 is -2.88. The smallest absolute Gasteiger partial charge is 1.00 e. The molecule has 0 saturated carbocycles. The van der Waals surface area contributed by atoms with E-state index in [2.05, 4.69) is 152 Å². The molecule has 2 unspecified atom stereocenters. The number of hydrogen-bond donors (Lipinski definition) is 0. The number of allylic oxidation sites excluding steroid dienone is 2. The first kappa shape index (κ1) is 39.0. The molecule has 1 saturated heterocycles. The number of fused-ring (bicyclic) bond motifs is 2. The summed E-state index contributed by atoms with van der Waals surface area (Å²) in [5.41, 5.74) is 18.7. The molecule has 0 spiro atoms. The van der Waals surface area contributed by atoms with E-state index in [1.807, 2.05) is 0 Å². The summed E-state index contributed by atoms with van der Waals surface area (Å²) < 4.78 is 4.39. The molecule has 3 aliphatic rings. The van der Waals surface area contributed by atoms with Crippen molar-refractivity contribution in [3.05, 3.63) is 129 Å². The standard InChI is InChI=1S/2C22H25.C3H6.2ClH.Zr/c2*1-5-7-16-14-18-8-6-9-20(21(18)15-16)17-10-12-19(13-11-17)22(2,3)4;1-3-2;;;/h2*6,8-15H,5,7H2,1-4H3;1-3H2;2*1H;/q;;;;;+2/p-2. The van der Waals surface area contributed by atoms with Crippen molar-refractivity contribution in [2.75, 3.05) is 0 Å². The third-order valence-corrected chi connectivity index (χ3v) is 27.3. The van der Waals surface area contributed by atoms with Crippen LogP contribution in [0.2, 0.25) is 8.26 Å². The minimum Gasteiger partial charge on any atom is -1.00 e. The van der Waals surface area contributed by atoms with Crippen LogP contribution in [0.5, 0.6) is 0 Å². The maximum atomic E-state index is 2.68. The van der Waals surface area contributed by atoms with Gasteiger partial charge in [-0.1, -0.05) is 0 Å². The van der Waals surface area contributed by atoms with Gasteiger partial charge in [0.15, 0.2) is 0 Å². The van der Waals surface area contributed by atoms with E-state index in [9.17, 15) is 0 Å². The zero-order valence-electron chi connectivity index (χ0n) is 31.6. The van der Waals surface area contributed by atoms with Crippen LogP contribution in [0, 0.1) is 0 Å². The van der Waals surface area contributed by atoms with Gasteiger partial charge in [0, 0.05) is 0 Å². The zero-order chi connectivity index (χ0) is 33.8. The molecular formula is C47H56Cl2Zr. The molecule has 0 radical (unpaired) electrons.